The SMILES string of the molecule is O=C(NNC(=O)c1cc(S(=O)(=O)N2CCCC2)ccc1Br)C(=O)NC1CC1. The number of carbonyl (C=O) groups excluding carboxylic acids is 3. The number of benzene rings is 1. The Hall–Kier alpha value is -1.98. The summed E-state index contributed by atoms with van der Waals surface area (Å²) in [6, 6.07) is 4.12. The van der Waals surface area contributed by atoms with Crippen molar-refractivity contribution in [2.24, 2.45) is 0 Å². The second-order valence-corrected chi connectivity index (χ2v) is 9.20. The van der Waals surface area contributed by atoms with Crippen molar-refractivity contribution >= 4 is 43.7 Å². The average molecular weight is 459 g/mol. The van der Waals surface area contributed by atoms with Gasteiger partial charge >= 0.3 is 11.8 Å². The third kappa shape index (κ3) is 4.66. The van der Waals surface area contributed by atoms with Gasteiger partial charge < -0.3 is 5.32 Å². The molecule has 2 aliphatic rings. The van der Waals surface area contributed by atoms with Crippen molar-refractivity contribution in [1.29, 1.82) is 0 Å². The van der Waals surface area contributed by atoms with Crippen molar-refractivity contribution in [2.75, 3.05) is 13.1 Å². The van der Waals surface area contributed by atoms with Gasteiger partial charge in [-0.05, 0) is 59.8 Å². The predicted octanol–water partition coefficient (Wildman–Crippen LogP) is 0.273. The number of halogens is 1. The van der Waals surface area contributed by atoms with Gasteiger partial charge in [0.15, 0.2) is 0 Å². The highest BCUT2D eigenvalue weighted by Gasteiger charge is 2.29. The molecular weight excluding hydrogens is 440 g/mol. The minimum absolute atomic E-state index is 0.00412. The molecule has 0 spiro atoms. The van der Waals surface area contributed by atoms with E-state index in [0.717, 1.165) is 25.7 Å². The fourth-order valence-electron chi connectivity index (χ4n) is 2.63. The molecule has 1 heterocycles. The number of rotatable bonds is 4. The van der Waals surface area contributed by atoms with Gasteiger partial charge in [0.1, 0.15) is 0 Å². The summed E-state index contributed by atoms with van der Waals surface area (Å²) in [6.07, 6.45) is 3.27. The van der Waals surface area contributed by atoms with E-state index in [1.165, 1.54) is 22.5 Å². The second-order valence-electron chi connectivity index (χ2n) is 6.41. The Morgan fingerprint density at radius 3 is 2.33 bits per heavy atom. The summed E-state index contributed by atoms with van der Waals surface area (Å²) in [5.41, 5.74) is 4.17. The highest BCUT2D eigenvalue weighted by molar-refractivity contribution is 9.10. The summed E-state index contributed by atoms with van der Waals surface area (Å²) in [6.45, 7) is 0.901. The molecule has 1 aliphatic heterocycles. The molecule has 9 nitrogen and oxygen atoms in total. The van der Waals surface area contributed by atoms with Gasteiger partial charge in [-0.1, -0.05) is 0 Å². The van der Waals surface area contributed by atoms with Crippen LogP contribution in [0.15, 0.2) is 27.6 Å². The number of amides is 3. The van der Waals surface area contributed by atoms with Gasteiger partial charge in [0.25, 0.3) is 5.91 Å². The third-order valence-corrected chi connectivity index (χ3v) is 6.88. The fourth-order valence-corrected chi connectivity index (χ4v) is 4.60. The molecular formula is C16H19BrN4O5S. The molecule has 27 heavy (non-hydrogen) atoms. The Kier molecular flexibility index (Phi) is 5.82. The minimum Gasteiger partial charge on any atom is -0.345 e. The van der Waals surface area contributed by atoms with Crippen molar-refractivity contribution in [3.8, 4) is 0 Å². The average Bonchev–Trinajstić information content (AvgIpc) is 3.26. The van der Waals surface area contributed by atoms with Crippen LogP contribution in [0.4, 0.5) is 0 Å². The first kappa shape index (κ1) is 19.8. The number of sulfonamides is 1. The Bertz CT molecular complexity index is 879. The van der Waals surface area contributed by atoms with Gasteiger partial charge in [0.05, 0.1) is 10.5 Å². The molecule has 0 aromatic heterocycles. The first-order chi connectivity index (χ1) is 12.8. The summed E-state index contributed by atoms with van der Waals surface area (Å²) >= 11 is 3.20. The number of nitrogens with zero attached hydrogens (tertiary/aromatic N) is 1. The van der Waals surface area contributed by atoms with E-state index >= 15 is 0 Å². The van der Waals surface area contributed by atoms with Crippen LogP contribution in [0.3, 0.4) is 0 Å². The molecule has 1 saturated carbocycles. The van der Waals surface area contributed by atoms with Gasteiger partial charge in [-0.25, -0.2) is 8.42 Å². The molecule has 0 bridgehead atoms. The quantitative estimate of drug-likeness (QED) is 0.441. The van der Waals surface area contributed by atoms with Crippen LogP contribution < -0.4 is 16.2 Å². The van der Waals surface area contributed by atoms with E-state index in [2.05, 4.69) is 26.7 Å². The lowest BCUT2D eigenvalue weighted by molar-refractivity contribution is -0.139. The van der Waals surface area contributed by atoms with Crippen LogP contribution in [0.25, 0.3) is 0 Å². The first-order valence-corrected chi connectivity index (χ1v) is 10.7. The summed E-state index contributed by atoms with van der Waals surface area (Å²) in [7, 11) is -3.68. The molecule has 3 rings (SSSR count). The zero-order chi connectivity index (χ0) is 19.6. The summed E-state index contributed by atoms with van der Waals surface area (Å²) in [4.78, 5) is 35.6. The summed E-state index contributed by atoms with van der Waals surface area (Å²) in [5.74, 6) is -2.57. The molecule has 3 N–H and O–H groups in total. The van der Waals surface area contributed by atoms with Crippen LogP contribution in [0.1, 0.15) is 36.0 Å². The minimum atomic E-state index is -3.68. The topological polar surface area (TPSA) is 125 Å². The van der Waals surface area contributed by atoms with E-state index < -0.39 is 27.7 Å². The Balaban J connectivity index is 1.68. The standard InChI is InChI=1S/C16H19BrN4O5S/c17-13-6-5-11(27(25,26)21-7-1-2-8-21)9-12(13)14(22)19-20-16(24)15(23)18-10-3-4-10/h5-6,9-10H,1-4,7-8H2,(H,18,23)(H,19,22)(H,20,24). The number of carbonyl (C=O) groups is 3. The molecule has 0 unspecified atom stereocenters. The molecule has 2 fully saturated rings. The fraction of sp³-hybridized carbons (Fsp3) is 0.438. The predicted molar refractivity (Wildman–Crippen MR) is 98.9 cm³/mol. The number of hydrazine groups is 1. The van der Waals surface area contributed by atoms with Crippen LogP contribution in [0.5, 0.6) is 0 Å². The molecule has 146 valence electrons. The van der Waals surface area contributed by atoms with E-state index in [9.17, 15) is 22.8 Å². The third-order valence-electron chi connectivity index (χ3n) is 4.29. The monoisotopic (exact) mass is 458 g/mol. The number of hydrogen-bond donors (Lipinski definition) is 3. The zero-order valence-corrected chi connectivity index (χ0v) is 16.7. The van der Waals surface area contributed by atoms with Crippen molar-refractivity contribution < 1.29 is 22.8 Å². The van der Waals surface area contributed by atoms with Crippen LogP contribution in [0, 0.1) is 0 Å². The lowest BCUT2D eigenvalue weighted by Gasteiger charge is -2.16. The highest BCUT2D eigenvalue weighted by Crippen LogP contribution is 2.25. The van der Waals surface area contributed by atoms with E-state index in [-0.39, 0.29) is 16.5 Å². The van der Waals surface area contributed by atoms with Crippen molar-refractivity contribution in [2.45, 2.75) is 36.6 Å². The van der Waals surface area contributed by atoms with Gasteiger partial charge in [-0.2, -0.15) is 4.31 Å². The van der Waals surface area contributed by atoms with Crippen molar-refractivity contribution in [3.05, 3.63) is 28.2 Å². The van der Waals surface area contributed by atoms with Crippen molar-refractivity contribution in [1.82, 2.24) is 20.5 Å². The maximum atomic E-state index is 12.6. The largest absolute Gasteiger partial charge is 0.345 e. The van der Waals surface area contributed by atoms with Crippen LogP contribution >= 0.6 is 15.9 Å². The Morgan fingerprint density at radius 1 is 1.04 bits per heavy atom. The molecule has 0 atom stereocenters. The lowest BCUT2D eigenvalue weighted by atomic mass is 10.2. The summed E-state index contributed by atoms with van der Waals surface area (Å²) < 4.78 is 27.0. The molecule has 3 amide bonds. The highest BCUT2D eigenvalue weighted by atomic mass is 79.9. The second kappa shape index (κ2) is 7.95. The molecule has 1 saturated heterocycles. The van der Waals surface area contributed by atoms with E-state index in [4.69, 9.17) is 0 Å². The molecule has 11 heteroatoms. The molecule has 1 aliphatic carbocycles. The van der Waals surface area contributed by atoms with Gasteiger partial charge in [0, 0.05) is 23.6 Å². The van der Waals surface area contributed by atoms with Gasteiger partial charge in [-0.3, -0.25) is 25.2 Å². The number of nitrogens with one attached hydrogen (secondary N) is 3. The van der Waals surface area contributed by atoms with Crippen LogP contribution in [-0.4, -0.2) is 49.6 Å². The molecule has 1 aromatic rings. The Labute approximate surface area is 165 Å². The van der Waals surface area contributed by atoms with Gasteiger partial charge in [0.2, 0.25) is 10.0 Å². The smallest absolute Gasteiger partial charge is 0.327 e. The molecule has 1 aromatic carbocycles. The van der Waals surface area contributed by atoms with E-state index in [1.54, 1.807) is 0 Å². The number of hydrogen-bond acceptors (Lipinski definition) is 5. The lowest BCUT2D eigenvalue weighted by Crippen LogP contribution is -2.49. The van der Waals surface area contributed by atoms with E-state index in [0.29, 0.717) is 17.6 Å². The van der Waals surface area contributed by atoms with Crippen molar-refractivity contribution in [3.63, 3.8) is 0 Å². The first-order valence-electron chi connectivity index (χ1n) is 8.50. The maximum absolute atomic E-state index is 12.6. The molecule has 0 radical (unpaired) electrons. The van der Waals surface area contributed by atoms with Gasteiger partial charge in [-0.15, -0.1) is 0 Å². The summed E-state index contributed by atoms with van der Waals surface area (Å²) in [5, 5.41) is 2.49. The normalized spacial score (nSPS) is 17.4. The van der Waals surface area contributed by atoms with Crippen LogP contribution in [0.2, 0.25) is 0 Å². The maximum Gasteiger partial charge on any atom is 0.327 e. The Morgan fingerprint density at radius 2 is 1.70 bits per heavy atom. The van der Waals surface area contributed by atoms with Crippen LogP contribution in [-0.2, 0) is 19.6 Å². The van der Waals surface area contributed by atoms with E-state index in [1.807, 2.05) is 5.43 Å². The zero-order valence-electron chi connectivity index (χ0n) is 14.3.